The van der Waals surface area contributed by atoms with Gasteiger partial charge in [-0.2, -0.15) is 0 Å². The number of carbonyl (C=O) groups excluding carboxylic acids is 1. The Hall–Kier alpha value is -1.92. The number of para-hydroxylation sites is 2. The molecule has 1 amide bonds. The molecule has 1 spiro atoms. The lowest BCUT2D eigenvalue weighted by Gasteiger charge is -2.49. The number of H-pyrrole nitrogens is 1. The van der Waals surface area contributed by atoms with E-state index in [4.69, 9.17) is 4.74 Å². The topological polar surface area (TPSA) is 61.5 Å². The zero-order valence-corrected chi connectivity index (χ0v) is 17.9. The van der Waals surface area contributed by atoms with Crippen LogP contribution in [0.4, 0.5) is 0 Å². The van der Waals surface area contributed by atoms with Crippen LogP contribution in [-0.2, 0) is 16.0 Å². The Morgan fingerprint density at radius 3 is 2.73 bits per heavy atom. The second kappa shape index (κ2) is 8.67. The fourth-order valence-corrected chi connectivity index (χ4v) is 5.62. The molecular formula is C24H34N4O2. The molecule has 0 bridgehead atoms. The Morgan fingerprint density at radius 2 is 1.93 bits per heavy atom. The first-order valence-corrected chi connectivity index (χ1v) is 11.8. The van der Waals surface area contributed by atoms with Crippen LogP contribution in [0.15, 0.2) is 24.3 Å². The Kier molecular flexibility index (Phi) is 5.79. The van der Waals surface area contributed by atoms with Gasteiger partial charge in [0.25, 0.3) is 0 Å². The minimum atomic E-state index is -0.00409. The number of carbonyl (C=O) groups is 1. The number of hydrogen-bond acceptors (Lipinski definition) is 4. The van der Waals surface area contributed by atoms with Gasteiger partial charge in [0.2, 0.25) is 5.91 Å². The van der Waals surface area contributed by atoms with Crippen molar-refractivity contribution in [1.82, 2.24) is 19.8 Å². The largest absolute Gasteiger partial charge is 0.375 e. The lowest BCUT2D eigenvalue weighted by molar-refractivity contribution is -0.149. The van der Waals surface area contributed by atoms with Crippen LogP contribution < -0.4 is 0 Å². The van der Waals surface area contributed by atoms with Crippen LogP contribution in [0.1, 0.15) is 57.2 Å². The molecule has 3 saturated heterocycles. The van der Waals surface area contributed by atoms with E-state index in [2.05, 4.69) is 14.9 Å². The molecule has 1 atom stereocenters. The highest BCUT2D eigenvalue weighted by molar-refractivity contribution is 5.77. The number of imidazole rings is 1. The molecule has 1 unspecified atom stereocenters. The van der Waals surface area contributed by atoms with E-state index in [1.807, 2.05) is 29.2 Å². The number of nitrogens with zero attached hydrogens (tertiary/aromatic N) is 3. The molecule has 30 heavy (non-hydrogen) atoms. The fraction of sp³-hybridized carbons (Fsp3) is 0.667. The summed E-state index contributed by atoms with van der Waals surface area (Å²) in [6.45, 7) is 5.04. The fourth-order valence-electron chi connectivity index (χ4n) is 5.62. The van der Waals surface area contributed by atoms with Gasteiger partial charge in [-0.15, -0.1) is 0 Å². The van der Waals surface area contributed by atoms with Gasteiger partial charge in [0, 0.05) is 38.6 Å². The highest BCUT2D eigenvalue weighted by Crippen LogP contribution is 2.37. The second-order valence-corrected chi connectivity index (χ2v) is 9.36. The van der Waals surface area contributed by atoms with Gasteiger partial charge in [0.05, 0.1) is 16.6 Å². The van der Waals surface area contributed by atoms with Crippen molar-refractivity contribution in [2.45, 2.75) is 69.4 Å². The lowest BCUT2D eigenvalue weighted by Crippen LogP contribution is -2.55. The lowest BCUT2D eigenvalue weighted by atomic mass is 9.81. The third kappa shape index (κ3) is 4.26. The number of aromatic amines is 1. The smallest absolute Gasteiger partial charge is 0.223 e. The van der Waals surface area contributed by atoms with Crippen LogP contribution in [0.2, 0.25) is 0 Å². The predicted octanol–water partition coefficient (Wildman–Crippen LogP) is 3.52. The van der Waals surface area contributed by atoms with E-state index < -0.39 is 0 Å². The van der Waals surface area contributed by atoms with Crippen LogP contribution in [0.5, 0.6) is 0 Å². The van der Waals surface area contributed by atoms with E-state index in [0.717, 1.165) is 55.8 Å². The summed E-state index contributed by atoms with van der Waals surface area (Å²) in [6, 6.07) is 8.70. The Bertz CT molecular complexity index is 832. The van der Waals surface area contributed by atoms with Crippen molar-refractivity contribution in [3.63, 3.8) is 0 Å². The number of aromatic nitrogens is 2. The van der Waals surface area contributed by atoms with Crippen LogP contribution in [0.3, 0.4) is 0 Å². The maximum Gasteiger partial charge on any atom is 0.223 e. The Morgan fingerprint density at radius 1 is 1.13 bits per heavy atom. The van der Waals surface area contributed by atoms with Gasteiger partial charge in [0.15, 0.2) is 0 Å². The second-order valence-electron chi connectivity index (χ2n) is 9.36. The van der Waals surface area contributed by atoms with Crippen molar-refractivity contribution in [1.29, 1.82) is 0 Å². The zero-order chi connectivity index (χ0) is 20.4. The molecule has 0 saturated carbocycles. The van der Waals surface area contributed by atoms with Gasteiger partial charge >= 0.3 is 0 Å². The number of aryl methyl sites for hydroxylation is 1. The highest BCUT2D eigenvalue weighted by Gasteiger charge is 2.42. The number of benzene rings is 1. The Balaban J connectivity index is 1.12. The third-order valence-electron chi connectivity index (χ3n) is 7.42. The number of likely N-dealkylation sites (tertiary alicyclic amines) is 2. The number of ether oxygens (including phenoxy) is 1. The van der Waals surface area contributed by atoms with E-state index in [0.29, 0.717) is 18.9 Å². The molecule has 1 aromatic heterocycles. The molecule has 4 heterocycles. The van der Waals surface area contributed by atoms with E-state index in [9.17, 15) is 4.79 Å². The van der Waals surface area contributed by atoms with Gasteiger partial charge in [-0.1, -0.05) is 18.6 Å². The molecule has 3 fully saturated rings. The van der Waals surface area contributed by atoms with Gasteiger partial charge in [0.1, 0.15) is 5.82 Å². The van der Waals surface area contributed by atoms with Gasteiger partial charge in [-0.3, -0.25) is 4.79 Å². The first-order valence-electron chi connectivity index (χ1n) is 11.8. The maximum atomic E-state index is 12.8. The summed E-state index contributed by atoms with van der Waals surface area (Å²) in [5.41, 5.74) is 2.01. The zero-order valence-electron chi connectivity index (χ0n) is 17.9. The number of piperidine rings is 2. The monoisotopic (exact) mass is 410 g/mol. The predicted molar refractivity (Wildman–Crippen MR) is 117 cm³/mol. The number of rotatable bonds is 4. The van der Waals surface area contributed by atoms with Crippen molar-refractivity contribution in [3.05, 3.63) is 30.1 Å². The van der Waals surface area contributed by atoms with Gasteiger partial charge < -0.3 is 19.5 Å². The normalized spacial score (nSPS) is 25.1. The van der Waals surface area contributed by atoms with Gasteiger partial charge in [-0.25, -0.2) is 4.98 Å². The molecule has 1 N–H and O–H groups in total. The van der Waals surface area contributed by atoms with Crippen molar-refractivity contribution < 1.29 is 9.53 Å². The maximum absolute atomic E-state index is 12.8. The minimum Gasteiger partial charge on any atom is -0.375 e. The van der Waals surface area contributed by atoms with E-state index in [1.165, 1.54) is 38.8 Å². The summed E-state index contributed by atoms with van der Waals surface area (Å²) in [5, 5.41) is 0. The average Bonchev–Trinajstić information content (AvgIpc) is 3.22. The van der Waals surface area contributed by atoms with E-state index in [1.54, 1.807) is 0 Å². The van der Waals surface area contributed by atoms with Crippen molar-refractivity contribution >= 4 is 16.9 Å². The van der Waals surface area contributed by atoms with Crippen LogP contribution >= 0.6 is 0 Å². The molecule has 5 rings (SSSR count). The van der Waals surface area contributed by atoms with E-state index >= 15 is 0 Å². The van der Waals surface area contributed by atoms with Crippen molar-refractivity contribution in [2.75, 3.05) is 32.8 Å². The molecule has 3 aliphatic heterocycles. The molecule has 3 aliphatic rings. The first kappa shape index (κ1) is 20.0. The summed E-state index contributed by atoms with van der Waals surface area (Å²) < 4.78 is 6.34. The standard InChI is InChI=1S/C24H34N4O2/c29-23(9-8-22-25-20-6-2-3-7-21(20)26-22)28-15-11-24(12-16-28)18-19(10-17-30-24)27-13-4-1-5-14-27/h2-3,6-7,19H,1,4-5,8-18H2,(H,25,26). The molecule has 162 valence electrons. The summed E-state index contributed by atoms with van der Waals surface area (Å²) in [4.78, 5) is 25.5. The van der Waals surface area contributed by atoms with Crippen molar-refractivity contribution in [2.24, 2.45) is 0 Å². The summed E-state index contributed by atoms with van der Waals surface area (Å²) in [7, 11) is 0. The number of amides is 1. The first-order chi connectivity index (χ1) is 14.7. The van der Waals surface area contributed by atoms with Crippen LogP contribution in [-0.4, -0.2) is 70.1 Å². The van der Waals surface area contributed by atoms with E-state index in [-0.39, 0.29) is 11.5 Å². The number of fused-ring (bicyclic) bond motifs is 1. The number of nitrogens with one attached hydrogen (secondary N) is 1. The third-order valence-corrected chi connectivity index (χ3v) is 7.42. The molecule has 1 aromatic carbocycles. The molecule has 0 radical (unpaired) electrons. The molecule has 0 aliphatic carbocycles. The number of hydrogen-bond donors (Lipinski definition) is 1. The molecule has 2 aromatic rings. The quantitative estimate of drug-likeness (QED) is 0.838. The van der Waals surface area contributed by atoms with Crippen LogP contribution in [0.25, 0.3) is 11.0 Å². The molecule has 6 nitrogen and oxygen atoms in total. The average molecular weight is 411 g/mol. The summed E-state index contributed by atoms with van der Waals surface area (Å²) in [6.07, 6.45) is 9.54. The van der Waals surface area contributed by atoms with Crippen molar-refractivity contribution in [3.8, 4) is 0 Å². The summed E-state index contributed by atoms with van der Waals surface area (Å²) in [5.74, 6) is 1.15. The Labute approximate surface area is 179 Å². The minimum absolute atomic E-state index is 0.00409. The SMILES string of the molecule is O=C(CCc1nc2ccccc2[nH]1)N1CCC2(CC1)CC(N1CCCCC1)CCO2. The highest BCUT2D eigenvalue weighted by atomic mass is 16.5. The van der Waals surface area contributed by atoms with Crippen LogP contribution in [0, 0.1) is 0 Å². The molecule has 6 heteroatoms. The van der Waals surface area contributed by atoms with Gasteiger partial charge in [-0.05, 0) is 63.7 Å². The molecular weight excluding hydrogens is 376 g/mol. The summed E-state index contributed by atoms with van der Waals surface area (Å²) >= 11 is 0.